The van der Waals surface area contributed by atoms with E-state index in [1.165, 1.54) is 13.1 Å². The Morgan fingerprint density at radius 2 is 2.00 bits per heavy atom. The number of amides is 2. The molecule has 1 atom stereocenters. The van der Waals surface area contributed by atoms with E-state index < -0.39 is 19.0 Å². The second-order valence-corrected chi connectivity index (χ2v) is 5.16. The van der Waals surface area contributed by atoms with E-state index in [0.29, 0.717) is 5.56 Å². The maximum atomic E-state index is 11.8. The highest BCUT2D eigenvalue weighted by Gasteiger charge is 2.37. The van der Waals surface area contributed by atoms with E-state index in [1.807, 2.05) is 0 Å². The van der Waals surface area contributed by atoms with Gasteiger partial charge in [0.05, 0.1) is 11.5 Å². The number of carbonyl (C=O) groups excluding carboxylic acids is 2. The number of benzene rings is 1. The number of fused-ring (bicyclic) bond motifs is 1. The predicted octanol–water partition coefficient (Wildman–Crippen LogP) is -0.650. The minimum absolute atomic E-state index is 0.00901. The maximum absolute atomic E-state index is 11.8. The van der Waals surface area contributed by atoms with Gasteiger partial charge in [-0.1, -0.05) is 12.1 Å². The van der Waals surface area contributed by atoms with Crippen LogP contribution in [0.4, 0.5) is 0 Å². The van der Waals surface area contributed by atoms with E-state index in [-0.39, 0.29) is 42.4 Å². The molecule has 23 heavy (non-hydrogen) atoms. The van der Waals surface area contributed by atoms with Crippen molar-refractivity contribution in [1.82, 2.24) is 10.6 Å². The molecule has 0 aromatic heterocycles. The zero-order chi connectivity index (χ0) is 17.0. The molecule has 0 radical (unpaired) electrons. The summed E-state index contributed by atoms with van der Waals surface area (Å²) in [6.45, 7) is 0. The summed E-state index contributed by atoms with van der Waals surface area (Å²) >= 11 is 0. The Morgan fingerprint density at radius 1 is 1.30 bits per heavy atom. The van der Waals surface area contributed by atoms with Crippen LogP contribution in [0, 0.1) is 0 Å². The van der Waals surface area contributed by atoms with Crippen LogP contribution >= 0.6 is 0 Å². The van der Waals surface area contributed by atoms with Crippen molar-refractivity contribution < 1.29 is 29.2 Å². The van der Waals surface area contributed by atoms with Gasteiger partial charge < -0.3 is 25.4 Å². The number of hydrogen-bond acceptors (Lipinski definition) is 5. The van der Waals surface area contributed by atoms with Gasteiger partial charge in [-0.3, -0.25) is 9.59 Å². The van der Waals surface area contributed by atoms with Crippen LogP contribution in [-0.4, -0.2) is 48.0 Å². The lowest BCUT2D eigenvalue weighted by Crippen LogP contribution is -2.53. The fraction of sp³-hybridized carbons (Fsp3) is 0.357. The Bertz CT molecular complexity index is 636. The van der Waals surface area contributed by atoms with Gasteiger partial charge in [-0.25, -0.2) is 4.79 Å². The molecule has 1 aliphatic heterocycles. The van der Waals surface area contributed by atoms with Crippen molar-refractivity contribution in [2.24, 2.45) is 0 Å². The Morgan fingerprint density at radius 3 is 2.65 bits per heavy atom. The van der Waals surface area contributed by atoms with E-state index in [4.69, 9.17) is 9.76 Å². The third-order valence-corrected chi connectivity index (χ3v) is 3.55. The van der Waals surface area contributed by atoms with Crippen molar-refractivity contribution in [3.05, 3.63) is 29.3 Å². The first kappa shape index (κ1) is 16.8. The first-order valence-electron chi connectivity index (χ1n) is 7.12. The van der Waals surface area contributed by atoms with E-state index in [1.54, 1.807) is 12.1 Å². The Balaban J connectivity index is 2.04. The van der Waals surface area contributed by atoms with Crippen molar-refractivity contribution in [3.63, 3.8) is 0 Å². The molecule has 122 valence electrons. The summed E-state index contributed by atoms with van der Waals surface area (Å²) in [5, 5.41) is 24.1. The fourth-order valence-corrected chi connectivity index (χ4v) is 2.35. The zero-order valence-electron chi connectivity index (χ0n) is 12.5. The third-order valence-electron chi connectivity index (χ3n) is 3.55. The van der Waals surface area contributed by atoms with Gasteiger partial charge in [0.15, 0.2) is 0 Å². The minimum atomic E-state index is -1.35. The summed E-state index contributed by atoms with van der Waals surface area (Å²) < 4.78 is 5.27. The van der Waals surface area contributed by atoms with Gasteiger partial charge in [0, 0.05) is 19.9 Å². The van der Waals surface area contributed by atoms with Crippen LogP contribution in [-0.2, 0) is 16.0 Å². The molecule has 0 bridgehead atoms. The van der Waals surface area contributed by atoms with Crippen LogP contribution < -0.4 is 15.3 Å². The quantitative estimate of drug-likeness (QED) is 0.534. The summed E-state index contributed by atoms with van der Waals surface area (Å²) in [6.07, 6.45) is 0.278. The largest absolute Gasteiger partial charge is 0.547 e. The van der Waals surface area contributed by atoms with Gasteiger partial charge in [-0.2, -0.15) is 0 Å². The highest BCUT2D eigenvalue weighted by atomic mass is 16.5. The van der Waals surface area contributed by atoms with Gasteiger partial charge in [0.25, 0.3) is 0 Å². The lowest BCUT2D eigenvalue weighted by molar-refractivity contribution is -0.126. The molecule has 4 N–H and O–H groups in total. The predicted molar refractivity (Wildman–Crippen MR) is 80.9 cm³/mol. The lowest BCUT2D eigenvalue weighted by atomic mass is 9.72. The molecule has 0 saturated carbocycles. The highest BCUT2D eigenvalue weighted by molar-refractivity contribution is 6.47. The number of carboxylic acids is 1. The molecule has 0 aliphatic carbocycles. The van der Waals surface area contributed by atoms with Crippen LogP contribution in [0.5, 0.6) is 5.75 Å². The SMILES string of the molecule is CNC(=O)CCC(=O)N[C@H]1Cc2cccc(C(=O)O)c2OB1O. The van der Waals surface area contributed by atoms with Crippen LogP contribution in [0.2, 0.25) is 0 Å². The topological polar surface area (TPSA) is 125 Å². The number of carboxylic acid groups (broad SMARTS) is 1. The molecule has 1 aromatic carbocycles. The molecule has 1 aliphatic rings. The first-order valence-corrected chi connectivity index (χ1v) is 7.12. The van der Waals surface area contributed by atoms with Gasteiger partial charge in [0.2, 0.25) is 11.8 Å². The summed E-state index contributed by atoms with van der Waals surface area (Å²) in [4.78, 5) is 34.1. The van der Waals surface area contributed by atoms with Gasteiger partial charge >= 0.3 is 13.1 Å². The Kier molecular flexibility index (Phi) is 5.22. The number of aromatic carboxylic acids is 1. The number of para-hydroxylation sites is 1. The van der Waals surface area contributed by atoms with Crippen LogP contribution in [0.1, 0.15) is 28.8 Å². The molecule has 0 saturated heterocycles. The van der Waals surface area contributed by atoms with Crippen LogP contribution in [0.15, 0.2) is 18.2 Å². The Labute approximate surface area is 133 Å². The summed E-state index contributed by atoms with van der Waals surface area (Å²) in [5.74, 6) is -2.38. The summed E-state index contributed by atoms with van der Waals surface area (Å²) in [7, 11) is 0.127. The molecule has 8 nitrogen and oxygen atoms in total. The summed E-state index contributed by atoms with van der Waals surface area (Å²) in [6, 6.07) is 4.64. The van der Waals surface area contributed by atoms with Gasteiger partial charge in [0.1, 0.15) is 5.75 Å². The molecule has 0 fully saturated rings. The minimum Gasteiger partial charge on any atom is -0.534 e. The summed E-state index contributed by atoms with van der Waals surface area (Å²) in [5.41, 5.74) is 0.553. The first-order chi connectivity index (χ1) is 10.9. The van der Waals surface area contributed by atoms with Gasteiger partial charge in [-0.05, 0) is 18.1 Å². The second-order valence-electron chi connectivity index (χ2n) is 5.16. The van der Waals surface area contributed by atoms with Crippen LogP contribution in [0.25, 0.3) is 0 Å². The second kappa shape index (κ2) is 7.14. The molecule has 1 heterocycles. The van der Waals surface area contributed by atoms with Crippen molar-refractivity contribution in [3.8, 4) is 5.75 Å². The van der Waals surface area contributed by atoms with Crippen molar-refractivity contribution in [2.75, 3.05) is 7.05 Å². The molecule has 0 spiro atoms. The average Bonchev–Trinajstić information content (AvgIpc) is 2.52. The van der Waals surface area contributed by atoms with E-state index in [2.05, 4.69) is 10.6 Å². The molecule has 1 aromatic rings. The Hall–Kier alpha value is -2.55. The van der Waals surface area contributed by atoms with Gasteiger partial charge in [-0.15, -0.1) is 0 Å². The van der Waals surface area contributed by atoms with E-state index in [0.717, 1.165) is 0 Å². The van der Waals surface area contributed by atoms with Crippen molar-refractivity contribution in [2.45, 2.75) is 25.2 Å². The maximum Gasteiger partial charge on any atom is 0.547 e. The molecular formula is C14H17BN2O6. The molecular weight excluding hydrogens is 303 g/mol. The molecule has 0 unspecified atom stereocenters. The zero-order valence-corrected chi connectivity index (χ0v) is 12.5. The molecule has 2 rings (SSSR count). The third kappa shape index (κ3) is 4.01. The van der Waals surface area contributed by atoms with Crippen molar-refractivity contribution >= 4 is 24.9 Å². The standard InChI is InChI=1S/C14H17BN2O6/c1-16-11(18)5-6-12(19)17-10-7-8-3-2-4-9(14(20)21)13(8)23-15(10)22/h2-4,10,22H,5-7H2,1H3,(H,16,18)(H,17,19)(H,20,21)/t10-/m0/s1. The van der Waals surface area contributed by atoms with E-state index >= 15 is 0 Å². The fourth-order valence-electron chi connectivity index (χ4n) is 2.35. The molecule has 9 heteroatoms. The van der Waals surface area contributed by atoms with E-state index in [9.17, 15) is 19.4 Å². The van der Waals surface area contributed by atoms with Crippen molar-refractivity contribution in [1.29, 1.82) is 0 Å². The lowest BCUT2D eigenvalue weighted by Gasteiger charge is -2.28. The molecule has 2 amide bonds. The monoisotopic (exact) mass is 320 g/mol. The normalized spacial score (nSPS) is 16.1. The number of rotatable bonds is 5. The smallest absolute Gasteiger partial charge is 0.534 e. The average molecular weight is 320 g/mol. The number of hydrogen-bond donors (Lipinski definition) is 4. The number of carbonyl (C=O) groups is 3. The number of nitrogens with one attached hydrogen (secondary N) is 2. The van der Waals surface area contributed by atoms with Crippen LogP contribution in [0.3, 0.4) is 0 Å². The highest BCUT2D eigenvalue weighted by Crippen LogP contribution is 2.30.